The molecule has 3 aromatic rings. The number of oxazole rings is 1. The molecule has 3 nitrogen and oxygen atoms in total. The Morgan fingerprint density at radius 3 is 2.70 bits per heavy atom. The van der Waals surface area contributed by atoms with Crippen molar-refractivity contribution in [1.29, 1.82) is 0 Å². The first-order valence-electron chi connectivity index (χ1n) is 6.43. The Labute approximate surface area is 122 Å². The van der Waals surface area contributed by atoms with Crippen LogP contribution < -0.4 is 5.73 Å². The van der Waals surface area contributed by atoms with Gasteiger partial charge in [-0.1, -0.05) is 29.8 Å². The molecule has 0 atom stereocenters. The van der Waals surface area contributed by atoms with Gasteiger partial charge in [-0.05, 0) is 36.6 Å². The molecule has 2 aromatic carbocycles. The van der Waals surface area contributed by atoms with Gasteiger partial charge in [0, 0.05) is 12.5 Å². The molecule has 1 heterocycles. The maximum absolute atomic E-state index is 5.99. The van der Waals surface area contributed by atoms with Crippen molar-refractivity contribution in [2.24, 2.45) is 0 Å². The van der Waals surface area contributed by atoms with Crippen LogP contribution in [-0.2, 0) is 6.42 Å². The van der Waals surface area contributed by atoms with Crippen LogP contribution >= 0.6 is 11.6 Å². The van der Waals surface area contributed by atoms with Gasteiger partial charge in [-0.25, -0.2) is 4.98 Å². The van der Waals surface area contributed by atoms with Crippen LogP contribution in [0.15, 0.2) is 34.7 Å². The maximum atomic E-state index is 5.99. The summed E-state index contributed by atoms with van der Waals surface area (Å²) in [6.45, 7) is 4.20. The normalized spacial score (nSPS) is 11.2. The molecule has 0 bridgehead atoms. The number of fused-ring (bicyclic) bond motifs is 1. The van der Waals surface area contributed by atoms with Gasteiger partial charge in [-0.2, -0.15) is 0 Å². The summed E-state index contributed by atoms with van der Waals surface area (Å²) >= 11 is 5.99. The lowest BCUT2D eigenvalue weighted by atomic mass is 10.0. The highest BCUT2D eigenvalue weighted by Crippen LogP contribution is 2.27. The number of hydrogen-bond donors (Lipinski definition) is 1. The summed E-state index contributed by atoms with van der Waals surface area (Å²) in [6, 6.07) is 9.82. The quantitative estimate of drug-likeness (QED) is 0.716. The first-order valence-corrected chi connectivity index (χ1v) is 6.81. The van der Waals surface area contributed by atoms with Gasteiger partial charge in [0.2, 0.25) is 0 Å². The van der Waals surface area contributed by atoms with Crippen molar-refractivity contribution in [3.63, 3.8) is 0 Å². The van der Waals surface area contributed by atoms with Crippen molar-refractivity contribution in [3.8, 4) is 0 Å². The van der Waals surface area contributed by atoms with Crippen LogP contribution in [0.3, 0.4) is 0 Å². The molecule has 20 heavy (non-hydrogen) atoms. The van der Waals surface area contributed by atoms with Gasteiger partial charge in [-0.3, -0.25) is 0 Å². The fourth-order valence-corrected chi connectivity index (χ4v) is 2.33. The highest BCUT2D eigenvalue weighted by atomic mass is 35.5. The number of hydrogen-bond acceptors (Lipinski definition) is 3. The summed E-state index contributed by atoms with van der Waals surface area (Å²) in [5, 5.41) is 0.503. The van der Waals surface area contributed by atoms with Crippen LogP contribution in [0.1, 0.15) is 22.6 Å². The van der Waals surface area contributed by atoms with E-state index in [1.54, 1.807) is 12.1 Å². The Kier molecular flexibility index (Phi) is 3.14. The Hall–Kier alpha value is -2.00. The van der Waals surface area contributed by atoms with Gasteiger partial charge in [0.1, 0.15) is 5.52 Å². The van der Waals surface area contributed by atoms with Crippen LogP contribution in [0.2, 0.25) is 5.02 Å². The van der Waals surface area contributed by atoms with Crippen LogP contribution in [0.25, 0.3) is 11.1 Å². The molecule has 4 heteroatoms. The number of nitrogen functional groups attached to an aromatic ring is 1. The number of nitrogens with two attached hydrogens (primary N) is 1. The first-order chi connectivity index (χ1) is 9.52. The van der Waals surface area contributed by atoms with E-state index >= 15 is 0 Å². The predicted molar refractivity (Wildman–Crippen MR) is 82.2 cm³/mol. The van der Waals surface area contributed by atoms with Gasteiger partial charge >= 0.3 is 0 Å². The predicted octanol–water partition coefficient (Wildman–Crippen LogP) is 4.27. The number of aromatic nitrogens is 1. The van der Waals surface area contributed by atoms with Crippen molar-refractivity contribution in [3.05, 3.63) is 57.9 Å². The summed E-state index contributed by atoms with van der Waals surface area (Å²) in [5.74, 6) is 0.671. The highest BCUT2D eigenvalue weighted by molar-refractivity contribution is 6.33. The zero-order valence-electron chi connectivity index (χ0n) is 11.4. The number of rotatable bonds is 2. The lowest BCUT2D eigenvalue weighted by Gasteiger charge is -2.02. The Balaban J connectivity index is 1.96. The van der Waals surface area contributed by atoms with Gasteiger partial charge in [0.05, 0.1) is 10.7 Å². The van der Waals surface area contributed by atoms with E-state index in [1.165, 1.54) is 16.7 Å². The number of nitrogens with zero attached hydrogens (tertiary/aromatic N) is 1. The fourth-order valence-electron chi connectivity index (χ4n) is 2.18. The van der Waals surface area contributed by atoms with E-state index in [1.807, 2.05) is 0 Å². The molecule has 0 fully saturated rings. The van der Waals surface area contributed by atoms with Crippen molar-refractivity contribution in [1.82, 2.24) is 4.98 Å². The minimum absolute atomic E-state index is 0.503. The zero-order chi connectivity index (χ0) is 14.3. The Morgan fingerprint density at radius 2 is 1.95 bits per heavy atom. The Bertz CT molecular complexity index is 754. The second-order valence-electron chi connectivity index (χ2n) is 5.04. The Morgan fingerprint density at radius 1 is 1.15 bits per heavy atom. The van der Waals surface area contributed by atoms with E-state index in [4.69, 9.17) is 21.8 Å². The van der Waals surface area contributed by atoms with Crippen molar-refractivity contribution in [2.75, 3.05) is 5.73 Å². The third-order valence-electron chi connectivity index (χ3n) is 3.48. The van der Waals surface area contributed by atoms with E-state index in [2.05, 4.69) is 37.0 Å². The molecule has 0 amide bonds. The van der Waals surface area contributed by atoms with E-state index in [-0.39, 0.29) is 0 Å². The largest absolute Gasteiger partial charge is 0.440 e. The van der Waals surface area contributed by atoms with Crippen molar-refractivity contribution < 1.29 is 4.42 Å². The average Bonchev–Trinajstić information content (AvgIpc) is 2.76. The molecule has 0 spiro atoms. The highest BCUT2D eigenvalue weighted by Gasteiger charge is 2.09. The van der Waals surface area contributed by atoms with Gasteiger partial charge in [0.25, 0.3) is 0 Å². The molecule has 102 valence electrons. The number of anilines is 1. The average molecular weight is 287 g/mol. The van der Waals surface area contributed by atoms with Crippen LogP contribution in [0.4, 0.5) is 5.69 Å². The summed E-state index contributed by atoms with van der Waals surface area (Å²) in [5.41, 5.74) is 11.4. The number of halogens is 1. The number of aryl methyl sites for hydroxylation is 2. The molecule has 0 unspecified atom stereocenters. The molecule has 0 radical (unpaired) electrons. The molecule has 0 aliphatic heterocycles. The topological polar surface area (TPSA) is 52.0 Å². The third kappa shape index (κ3) is 2.37. The summed E-state index contributed by atoms with van der Waals surface area (Å²) in [4.78, 5) is 4.46. The summed E-state index contributed by atoms with van der Waals surface area (Å²) in [6.07, 6.45) is 0.660. The molecule has 3 rings (SSSR count). The maximum Gasteiger partial charge on any atom is 0.199 e. The van der Waals surface area contributed by atoms with Gasteiger partial charge in [-0.15, -0.1) is 0 Å². The smallest absolute Gasteiger partial charge is 0.199 e. The van der Waals surface area contributed by atoms with Crippen molar-refractivity contribution >= 4 is 28.4 Å². The lowest BCUT2D eigenvalue weighted by molar-refractivity contribution is 0.544. The van der Waals surface area contributed by atoms with Crippen LogP contribution in [0, 0.1) is 13.8 Å². The van der Waals surface area contributed by atoms with E-state index in [0.717, 1.165) is 5.52 Å². The molecule has 2 N–H and O–H groups in total. The molecule has 0 saturated heterocycles. The minimum atomic E-state index is 0.503. The molecule has 0 aliphatic rings. The van der Waals surface area contributed by atoms with E-state index < -0.39 is 0 Å². The van der Waals surface area contributed by atoms with Crippen LogP contribution in [-0.4, -0.2) is 4.98 Å². The molecular weight excluding hydrogens is 272 g/mol. The summed E-state index contributed by atoms with van der Waals surface area (Å²) in [7, 11) is 0. The second kappa shape index (κ2) is 4.84. The lowest BCUT2D eigenvalue weighted by Crippen LogP contribution is -1.90. The standard InChI is InChI=1S/C16H15ClN2O/c1-9-3-4-11(5-10(9)2)6-16-19-14-7-12(17)13(18)8-15(14)20-16/h3-5,7-8H,6,18H2,1-2H3. The summed E-state index contributed by atoms with van der Waals surface area (Å²) < 4.78 is 5.73. The van der Waals surface area contributed by atoms with Crippen LogP contribution in [0.5, 0.6) is 0 Å². The molecule has 1 aromatic heterocycles. The van der Waals surface area contributed by atoms with Gasteiger partial charge in [0.15, 0.2) is 11.5 Å². The monoisotopic (exact) mass is 286 g/mol. The SMILES string of the molecule is Cc1ccc(Cc2nc3cc(Cl)c(N)cc3o2)cc1C. The third-order valence-corrected chi connectivity index (χ3v) is 3.81. The van der Waals surface area contributed by atoms with Crippen molar-refractivity contribution in [2.45, 2.75) is 20.3 Å². The fraction of sp³-hybridized carbons (Fsp3) is 0.188. The molecular formula is C16H15ClN2O. The van der Waals surface area contributed by atoms with E-state index in [9.17, 15) is 0 Å². The van der Waals surface area contributed by atoms with Gasteiger partial charge < -0.3 is 10.2 Å². The number of benzene rings is 2. The first kappa shape index (κ1) is 13.0. The zero-order valence-corrected chi connectivity index (χ0v) is 12.2. The molecule has 0 aliphatic carbocycles. The second-order valence-corrected chi connectivity index (χ2v) is 5.45. The van der Waals surface area contributed by atoms with E-state index in [0.29, 0.717) is 28.6 Å². The molecule has 0 saturated carbocycles. The minimum Gasteiger partial charge on any atom is -0.440 e.